The van der Waals surface area contributed by atoms with Crippen molar-refractivity contribution in [3.63, 3.8) is 0 Å². The molecule has 1 aromatic rings. The molecule has 0 aromatic heterocycles. The van der Waals surface area contributed by atoms with Crippen molar-refractivity contribution in [1.29, 1.82) is 5.26 Å². The molecular weight excluding hydrogens is 202 g/mol. The van der Waals surface area contributed by atoms with Crippen LogP contribution in [0.1, 0.15) is 11.1 Å². The van der Waals surface area contributed by atoms with Crippen LogP contribution in [0.4, 0.5) is 0 Å². The SMILES string of the molecule is N#Cc1ccc(/C(Cl)=C\C(=O)O)cc1. The van der Waals surface area contributed by atoms with Crippen molar-refractivity contribution in [3.8, 4) is 6.07 Å². The first kappa shape index (κ1) is 10.3. The van der Waals surface area contributed by atoms with Crippen LogP contribution < -0.4 is 0 Å². The average Bonchev–Trinajstić information content (AvgIpc) is 2.17. The fraction of sp³-hybridized carbons (Fsp3) is 0. The Hall–Kier alpha value is -1.79. The molecule has 0 amide bonds. The lowest BCUT2D eigenvalue weighted by molar-refractivity contribution is -0.131. The maximum Gasteiger partial charge on any atom is 0.329 e. The normalized spacial score (nSPS) is 10.7. The topological polar surface area (TPSA) is 61.1 Å². The number of carbonyl (C=O) groups is 1. The van der Waals surface area contributed by atoms with Gasteiger partial charge in [0.15, 0.2) is 0 Å². The Kier molecular flexibility index (Phi) is 3.27. The minimum atomic E-state index is -1.10. The second-order valence-corrected chi connectivity index (χ2v) is 2.93. The Bertz CT molecular complexity index is 415. The van der Waals surface area contributed by atoms with Crippen LogP contribution in [-0.2, 0) is 4.79 Å². The highest BCUT2D eigenvalue weighted by molar-refractivity contribution is 6.50. The number of hydrogen-bond acceptors (Lipinski definition) is 2. The predicted octanol–water partition coefficient (Wildman–Crippen LogP) is 2.22. The van der Waals surface area contributed by atoms with E-state index in [0.29, 0.717) is 11.1 Å². The van der Waals surface area contributed by atoms with Crippen LogP contribution in [0, 0.1) is 11.3 Å². The van der Waals surface area contributed by atoms with Crippen LogP contribution in [0.25, 0.3) is 5.03 Å². The first-order valence-electron chi connectivity index (χ1n) is 3.74. The molecule has 3 nitrogen and oxygen atoms in total. The van der Waals surface area contributed by atoms with Gasteiger partial charge in [-0.15, -0.1) is 0 Å². The summed E-state index contributed by atoms with van der Waals surface area (Å²) in [6.07, 6.45) is 0.906. The number of nitrogens with zero attached hydrogens (tertiary/aromatic N) is 1. The molecule has 1 rings (SSSR count). The van der Waals surface area contributed by atoms with Crippen LogP contribution in [0.5, 0.6) is 0 Å². The lowest BCUT2D eigenvalue weighted by atomic mass is 10.1. The van der Waals surface area contributed by atoms with Crippen LogP contribution in [0.3, 0.4) is 0 Å². The predicted molar refractivity (Wildman–Crippen MR) is 52.6 cm³/mol. The Morgan fingerprint density at radius 1 is 1.43 bits per heavy atom. The fourth-order valence-corrected chi connectivity index (χ4v) is 1.12. The van der Waals surface area contributed by atoms with Crippen LogP contribution in [-0.4, -0.2) is 11.1 Å². The molecule has 1 N–H and O–H groups in total. The number of carboxylic acid groups (broad SMARTS) is 1. The summed E-state index contributed by atoms with van der Waals surface area (Å²) in [7, 11) is 0. The molecule has 4 heteroatoms. The summed E-state index contributed by atoms with van der Waals surface area (Å²) in [5.74, 6) is -1.10. The highest BCUT2D eigenvalue weighted by Crippen LogP contribution is 2.18. The van der Waals surface area contributed by atoms with Crippen molar-refractivity contribution in [3.05, 3.63) is 41.5 Å². The Morgan fingerprint density at radius 3 is 2.43 bits per heavy atom. The molecule has 0 atom stereocenters. The van der Waals surface area contributed by atoms with E-state index in [1.54, 1.807) is 24.3 Å². The Morgan fingerprint density at radius 2 is 2.00 bits per heavy atom. The smallest absolute Gasteiger partial charge is 0.329 e. The van der Waals surface area contributed by atoms with Crippen LogP contribution in [0.2, 0.25) is 0 Å². The summed E-state index contributed by atoms with van der Waals surface area (Å²) in [5, 5.41) is 17.1. The molecule has 0 aliphatic carbocycles. The zero-order valence-electron chi connectivity index (χ0n) is 7.07. The zero-order chi connectivity index (χ0) is 10.6. The molecule has 0 fully saturated rings. The molecule has 0 heterocycles. The molecule has 1 aromatic carbocycles. The van der Waals surface area contributed by atoms with Gasteiger partial charge in [0.2, 0.25) is 0 Å². The summed E-state index contributed by atoms with van der Waals surface area (Å²) >= 11 is 5.69. The molecule has 0 bridgehead atoms. The van der Waals surface area contributed by atoms with Crippen molar-refractivity contribution in [2.45, 2.75) is 0 Å². The van der Waals surface area contributed by atoms with Gasteiger partial charge in [-0.1, -0.05) is 23.7 Å². The van der Waals surface area contributed by atoms with Gasteiger partial charge >= 0.3 is 5.97 Å². The van der Waals surface area contributed by atoms with E-state index in [4.69, 9.17) is 22.0 Å². The average molecular weight is 208 g/mol. The van der Waals surface area contributed by atoms with Gasteiger partial charge in [0.25, 0.3) is 0 Å². The van der Waals surface area contributed by atoms with Crippen molar-refractivity contribution in [2.75, 3.05) is 0 Å². The largest absolute Gasteiger partial charge is 0.478 e. The molecule has 0 radical (unpaired) electrons. The number of aliphatic carboxylic acids is 1. The molecular formula is C10H6ClNO2. The highest BCUT2D eigenvalue weighted by Gasteiger charge is 2.00. The Balaban J connectivity index is 2.99. The minimum absolute atomic E-state index is 0.141. The van der Waals surface area contributed by atoms with Crippen LogP contribution in [0.15, 0.2) is 30.3 Å². The number of benzene rings is 1. The van der Waals surface area contributed by atoms with E-state index in [1.165, 1.54) is 0 Å². The van der Waals surface area contributed by atoms with E-state index < -0.39 is 5.97 Å². The third-order valence-corrected chi connectivity index (χ3v) is 1.87. The summed E-state index contributed by atoms with van der Waals surface area (Å²) in [4.78, 5) is 10.3. The maximum atomic E-state index is 10.3. The van der Waals surface area contributed by atoms with E-state index in [1.807, 2.05) is 6.07 Å². The van der Waals surface area contributed by atoms with Gasteiger partial charge in [-0.2, -0.15) is 5.26 Å². The first-order chi connectivity index (χ1) is 6.63. The standard InChI is InChI=1S/C10H6ClNO2/c11-9(5-10(13)14)8-3-1-7(6-12)2-4-8/h1-5H,(H,13,14)/b9-5+. The van der Waals surface area contributed by atoms with E-state index >= 15 is 0 Å². The van der Waals surface area contributed by atoms with Gasteiger partial charge < -0.3 is 5.11 Å². The number of hydrogen-bond donors (Lipinski definition) is 1. The van der Waals surface area contributed by atoms with Gasteiger partial charge in [-0.3, -0.25) is 0 Å². The van der Waals surface area contributed by atoms with Crippen molar-refractivity contribution < 1.29 is 9.90 Å². The van der Waals surface area contributed by atoms with Crippen molar-refractivity contribution in [1.82, 2.24) is 0 Å². The molecule has 14 heavy (non-hydrogen) atoms. The van der Waals surface area contributed by atoms with E-state index in [2.05, 4.69) is 0 Å². The second-order valence-electron chi connectivity index (χ2n) is 2.52. The van der Waals surface area contributed by atoms with Gasteiger partial charge in [0.05, 0.1) is 16.7 Å². The summed E-state index contributed by atoms with van der Waals surface area (Å²) in [6, 6.07) is 8.30. The minimum Gasteiger partial charge on any atom is -0.478 e. The molecule has 0 aliphatic rings. The summed E-state index contributed by atoms with van der Waals surface area (Å²) in [5.41, 5.74) is 1.08. The maximum absolute atomic E-state index is 10.3. The van der Waals surface area contributed by atoms with E-state index in [9.17, 15) is 4.79 Å². The van der Waals surface area contributed by atoms with Crippen LogP contribution >= 0.6 is 11.6 Å². The second kappa shape index (κ2) is 4.45. The third kappa shape index (κ3) is 2.61. The first-order valence-corrected chi connectivity index (χ1v) is 4.12. The van der Waals surface area contributed by atoms with Gasteiger partial charge in [0.1, 0.15) is 0 Å². The lowest BCUT2D eigenvalue weighted by Crippen LogP contribution is -1.88. The quantitative estimate of drug-likeness (QED) is 0.757. The van der Waals surface area contributed by atoms with Gasteiger partial charge in [0, 0.05) is 6.08 Å². The molecule has 70 valence electrons. The Labute approximate surface area is 85.9 Å². The van der Waals surface area contributed by atoms with Gasteiger partial charge in [-0.25, -0.2) is 4.79 Å². The van der Waals surface area contributed by atoms with Crippen molar-refractivity contribution >= 4 is 22.6 Å². The molecule has 0 saturated heterocycles. The third-order valence-electron chi connectivity index (χ3n) is 1.54. The number of rotatable bonds is 2. The van der Waals surface area contributed by atoms with Crippen molar-refractivity contribution in [2.24, 2.45) is 0 Å². The lowest BCUT2D eigenvalue weighted by Gasteiger charge is -1.97. The number of carboxylic acids is 1. The van der Waals surface area contributed by atoms with E-state index in [0.717, 1.165) is 6.08 Å². The fourth-order valence-electron chi connectivity index (χ4n) is 0.896. The molecule has 0 unspecified atom stereocenters. The molecule has 0 spiro atoms. The number of halogens is 1. The van der Waals surface area contributed by atoms with E-state index in [-0.39, 0.29) is 5.03 Å². The summed E-state index contributed by atoms with van der Waals surface area (Å²) < 4.78 is 0. The number of nitriles is 1. The summed E-state index contributed by atoms with van der Waals surface area (Å²) in [6.45, 7) is 0. The van der Waals surface area contributed by atoms with Gasteiger partial charge in [-0.05, 0) is 17.7 Å². The highest BCUT2D eigenvalue weighted by atomic mass is 35.5. The molecule has 0 aliphatic heterocycles. The zero-order valence-corrected chi connectivity index (χ0v) is 7.82. The monoisotopic (exact) mass is 207 g/mol. The molecule has 0 saturated carbocycles.